The molecular formula is C11H18N4O. The predicted molar refractivity (Wildman–Crippen MR) is 60.6 cm³/mol. The molecule has 0 aliphatic carbocycles. The van der Waals surface area contributed by atoms with E-state index in [2.05, 4.69) is 4.98 Å². The summed E-state index contributed by atoms with van der Waals surface area (Å²) in [5.41, 5.74) is 5.57. The molecule has 2 rings (SSSR count). The Morgan fingerprint density at radius 1 is 1.50 bits per heavy atom. The number of amides is 1. The zero-order chi connectivity index (χ0) is 11.4. The number of carbonyl (C=O) groups is 1. The topological polar surface area (TPSA) is 64.2 Å². The molecule has 2 heterocycles. The van der Waals surface area contributed by atoms with E-state index in [1.54, 1.807) is 12.5 Å². The minimum absolute atomic E-state index is 0.251. The van der Waals surface area contributed by atoms with E-state index in [1.165, 1.54) is 0 Å². The van der Waals surface area contributed by atoms with Gasteiger partial charge in [0.15, 0.2) is 0 Å². The molecule has 1 atom stereocenters. The van der Waals surface area contributed by atoms with Crippen molar-refractivity contribution in [2.45, 2.75) is 19.4 Å². The van der Waals surface area contributed by atoms with E-state index in [-0.39, 0.29) is 5.91 Å². The number of nitrogens with two attached hydrogens (primary N) is 1. The standard InChI is InChI=1S/C11H18N4O/c12-7-10-6-11(16)15(8-10)4-1-3-14-5-2-13-9-14/h2,5,9-10H,1,3-4,6-8,12H2. The number of aromatic nitrogens is 2. The summed E-state index contributed by atoms with van der Waals surface area (Å²) in [6.07, 6.45) is 7.11. The van der Waals surface area contributed by atoms with Crippen molar-refractivity contribution in [2.75, 3.05) is 19.6 Å². The van der Waals surface area contributed by atoms with Crippen LogP contribution >= 0.6 is 0 Å². The highest BCUT2D eigenvalue weighted by atomic mass is 16.2. The summed E-state index contributed by atoms with van der Waals surface area (Å²) in [6, 6.07) is 0. The molecule has 88 valence electrons. The van der Waals surface area contributed by atoms with Crippen molar-refractivity contribution >= 4 is 5.91 Å². The highest BCUT2D eigenvalue weighted by Crippen LogP contribution is 2.16. The van der Waals surface area contributed by atoms with Gasteiger partial charge in [-0.3, -0.25) is 4.79 Å². The summed E-state index contributed by atoms with van der Waals surface area (Å²) in [5.74, 6) is 0.613. The number of hydrogen-bond donors (Lipinski definition) is 1. The van der Waals surface area contributed by atoms with Crippen LogP contribution < -0.4 is 5.73 Å². The van der Waals surface area contributed by atoms with Crippen LogP contribution in [0.5, 0.6) is 0 Å². The van der Waals surface area contributed by atoms with Crippen molar-refractivity contribution in [3.05, 3.63) is 18.7 Å². The molecule has 1 aromatic rings. The maximum Gasteiger partial charge on any atom is 0.222 e. The van der Waals surface area contributed by atoms with Crippen LogP contribution in [0, 0.1) is 5.92 Å². The summed E-state index contributed by atoms with van der Waals surface area (Å²) in [5, 5.41) is 0. The van der Waals surface area contributed by atoms with Crippen molar-refractivity contribution in [1.82, 2.24) is 14.5 Å². The molecule has 1 saturated heterocycles. The van der Waals surface area contributed by atoms with Crippen LogP contribution in [-0.4, -0.2) is 40.0 Å². The highest BCUT2D eigenvalue weighted by molar-refractivity contribution is 5.78. The Balaban J connectivity index is 1.72. The summed E-state index contributed by atoms with van der Waals surface area (Å²) in [6.45, 7) is 3.19. The molecule has 5 heteroatoms. The van der Waals surface area contributed by atoms with E-state index in [1.807, 2.05) is 15.7 Å². The zero-order valence-electron chi connectivity index (χ0n) is 9.38. The lowest BCUT2D eigenvalue weighted by Crippen LogP contribution is -2.27. The lowest BCUT2D eigenvalue weighted by Gasteiger charge is -2.16. The monoisotopic (exact) mass is 222 g/mol. The van der Waals surface area contributed by atoms with E-state index in [0.717, 1.165) is 26.1 Å². The van der Waals surface area contributed by atoms with Gasteiger partial charge in [-0.1, -0.05) is 0 Å². The number of hydrogen-bond acceptors (Lipinski definition) is 3. The molecule has 0 bridgehead atoms. The molecule has 1 aliphatic rings. The summed E-state index contributed by atoms with van der Waals surface area (Å²) >= 11 is 0. The van der Waals surface area contributed by atoms with E-state index < -0.39 is 0 Å². The third kappa shape index (κ3) is 2.61. The Morgan fingerprint density at radius 2 is 2.38 bits per heavy atom. The van der Waals surface area contributed by atoms with Gasteiger partial charge in [0.05, 0.1) is 6.33 Å². The van der Waals surface area contributed by atoms with Crippen molar-refractivity contribution in [3.8, 4) is 0 Å². The molecular weight excluding hydrogens is 204 g/mol. The number of likely N-dealkylation sites (tertiary alicyclic amines) is 1. The summed E-state index contributed by atoms with van der Waals surface area (Å²) in [7, 11) is 0. The zero-order valence-corrected chi connectivity index (χ0v) is 9.38. The Hall–Kier alpha value is -1.36. The van der Waals surface area contributed by atoms with Crippen LogP contribution in [0.2, 0.25) is 0 Å². The molecule has 1 unspecified atom stereocenters. The Morgan fingerprint density at radius 3 is 3.00 bits per heavy atom. The normalized spacial score (nSPS) is 20.7. The van der Waals surface area contributed by atoms with E-state index in [4.69, 9.17) is 5.73 Å². The Bertz CT molecular complexity index is 336. The highest BCUT2D eigenvalue weighted by Gasteiger charge is 2.27. The molecule has 2 N–H and O–H groups in total. The summed E-state index contributed by atoms with van der Waals surface area (Å²) < 4.78 is 2.03. The molecule has 0 spiro atoms. The second-order valence-corrected chi connectivity index (χ2v) is 4.30. The van der Waals surface area contributed by atoms with Gasteiger partial charge < -0.3 is 15.2 Å². The van der Waals surface area contributed by atoms with Gasteiger partial charge in [0.1, 0.15) is 0 Å². The second-order valence-electron chi connectivity index (χ2n) is 4.30. The van der Waals surface area contributed by atoms with Crippen LogP contribution in [-0.2, 0) is 11.3 Å². The fourth-order valence-corrected chi connectivity index (χ4v) is 2.09. The van der Waals surface area contributed by atoms with Crippen molar-refractivity contribution in [1.29, 1.82) is 0 Å². The van der Waals surface area contributed by atoms with Crippen LogP contribution in [0.25, 0.3) is 0 Å². The second kappa shape index (κ2) is 5.12. The maximum atomic E-state index is 11.6. The van der Waals surface area contributed by atoms with Crippen LogP contribution in [0.4, 0.5) is 0 Å². The molecule has 1 aliphatic heterocycles. The first-order valence-electron chi connectivity index (χ1n) is 5.73. The maximum absolute atomic E-state index is 11.6. The van der Waals surface area contributed by atoms with Gasteiger partial charge in [-0.05, 0) is 18.9 Å². The van der Waals surface area contributed by atoms with Gasteiger partial charge in [-0.25, -0.2) is 4.98 Å². The lowest BCUT2D eigenvalue weighted by atomic mass is 10.1. The van der Waals surface area contributed by atoms with E-state index in [0.29, 0.717) is 18.9 Å². The Kier molecular flexibility index (Phi) is 3.56. The number of carbonyl (C=O) groups excluding carboxylic acids is 1. The Labute approximate surface area is 95.2 Å². The van der Waals surface area contributed by atoms with Crippen molar-refractivity contribution in [3.63, 3.8) is 0 Å². The van der Waals surface area contributed by atoms with Crippen LogP contribution in [0.1, 0.15) is 12.8 Å². The number of imidazole rings is 1. The van der Waals surface area contributed by atoms with Crippen LogP contribution in [0.3, 0.4) is 0 Å². The molecule has 0 saturated carbocycles. The SMILES string of the molecule is NCC1CC(=O)N(CCCn2ccnc2)C1. The van der Waals surface area contributed by atoms with Gasteiger partial charge in [0, 0.05) is 38.4 Å². The van der Waals surface area contributed by atoms with Crippen molar-refractivity contribution < 1.29 is 4.79 Å². The average Bonchev–Trinajstić information content (AvgIpc) is 2.89. The van der Waals surface area contributed by atoms with Gasteiger partial charge in [-0.2, -0.15) is 0 Å². The number of aryl methyl sites for hydroxylation is 1. The fourth-order valence-electron chi connectivity index (χ4n) is 2.09. The third-order valence-corrected chi connectivity index (χ3v) is 3.03. The minimum atomic E-state index is 0.251. The van der Waals surface area contributed by atoms with Crippen LogP contribution in [0.15, 0.2) is 18.7 Å². The first-order valence-corrected chi connectivity index (χ1v) is 5.73. The lowest BCUT2D eigenvalue weighted by molar-refractivity contribution is -0.127. The van der Waals surface area contributed by atoms with Gasteiger partial charge in [0.25, 0.3) is 0 Å². The third-order valence-electron chi connectivity index (χ3n) is 3.03. The number of nitrogens with zero attached hydrogens (tertiary/aromatic N) is 3. The minimum Gasteiger partial charge on any atom is -0.342 e. The predicted octanol–water partition coefficient (Wildman–Crippen LogP) is 0.0804. The van der Waals surface area contributed by atoms with Gasteiger partial charge in [0.2, 0.25) is 5.91 Å². The number of rotatable bonds is 5. The molecule has 16 heavy (non-hydrogen) atoms. The molecule has 5 nitrogen and oxygen atoms in total. The quantitative estimate of drug-likeness (QED) is 0.767. The molecule has 0 aromatic carbocycles. The molecule has 0 radical (unpaired) electrons. The summed E-state index contributed by atoms with van der Waals surface area (Å²) in [4.78, 5) is 17.5. The first-order chi connectivity index (χ1) is 7.79. The van der Waals surface area contributed by atoms with E-state index in [9.17, 15) is 4.79 Å². The van der Waals surface area contributed by atoms with E-state index >= 15 is 0 Å². The van der Waals surface area contributed by atoms with Gasteiger partial charge in [-0.15, -0.1) is 0 Å². The molecule has 1 amide bonds. The average molecular weight is 222 g/mol. The first kappa shape index (κ1) is 11.1. The smallest absolute Gasteiger partial charge is 0.222 e. The van der Waals surface area contributed by atoms with Gasteiger partial charge >= 0.3 is 0 Å². The largest absolute Gasteiger partial charge is 0.342 e. The van der Waals surface area contributed by atoms with Crippen molar-refractivity contribution in [2.24, 2.45) is 11.7 Å². The molecule has 1 aromatic heterocycles. The molecule has 1 fully saturated rings. The fraction of sp³-hybridized carbons (Fsp3) is 0.636.